The summed E-state index contributed by atoms with van der Waals surface area (Å²) in [5.41, 5.74) is 0.657. The number of methoxy groups -OCH3 is 2. The summed E-state index contributed by atoms with van der Waals surface area (Å²) in [5.74, 6) is 1.19. The number of halogens is 3. The lowest BCUT2D eigenvalue weighted by Crippen LogP contribution is -2.33. The molecule has 1 unspecified atom stereocenters. The lowest BCUT2D eigenvalue weighted by molar-refractivity contribution is -0.137. The van der Waals surface area contributed by atoms with Crippen molar-refractivity contribution in [3.8, 4) is 11.5 Å². The minimum absolute atomic E-state index is 0.409. The fourth-order valence-electron chi connectivity index (χ4n) is 3.72. The highest BCUT2D eigenvalue weighted by Crippen LogP contribution is 2.42. The standard InChI is InChI=1S/C21H25F3N2O2/c1-27-17-8-4-9-18(28-2)19(17)20(26-12-5-10-25-11-13-26)15-6-3-7-16(14-15)21(22,23)24/h3-4,6-9,14,20,25H,5,10-13H2,1-2H3. The molecule has 1 N–H and O–H groups in total. The van der Waals surface area contributed by atoms with Crippen LogP contribution in [0.15, 0.2) is 42.5 Å². The number of hydrogen-bond donors (Lipinski definition) is 1. The molecule has 1 saturated heterocycles. The van der Waals surface area contributed by atoms with E-state index in [9.17, 15) is 13.2 Å². The zero-order valence-electron chi connectivity index (χ0n) is 16.1. The van der Waals surface area contributed by atoms with Crippen LogP contribution in [0.3, 0.4) is 0 Å². The maximum absolute atomic E-state index is 13.4. The van der Waals surface area contributed by atoms with Crippen molar-refractivity contribution in [2.24, 2.45) is 0 Å². The second-order valence-corrected chi connectivity index (χ2v) is 6.74. The largest absolute Gasteiger partial charge is 0.496 e. The van der Waals surface area contributed by atoms with E-state index in [-0.39, 0.29) is 0 Å². The molecule has 1 aliphatic rings. The first-order valence-electron chi connectivity index (χ1n) is 9.28. The van der Waals surface area contributed by atoms with Gasteiger partial charge in [0.2, 0.25) is 0 Å². The van der Waals surface area contributed by atoms with E-state index < -0.39 is 17.8 Å². The number of nitrogens with zero attached hydrogens (tertiary/aromatic N) is 1. The SMILES string of the molecule is COc1cccc(OC)c1C(c1cccc(C(F)(F)F)c1)N1CCCNCC1. The average Bonchev–Trinajstić information content (AvgIpc) is 2.97. The van der Waals surface area contributed by atoms with Crippen molar-refractivity contribution < 1.29 is 22.6 Å². The lowest BCUT2D eigenvalue weighted by Gasteiger charge is -2.33. The summed E-state index contributed by atoms with van der Waals surface area (Å²) >= 11 is 0. The molecular weight excluding hydrogens is 369 g/mol. The van der Waals surface area contributed by atoms with Crippen LogP contribution < -0.4 is 14.8 Å². The van der Waals surface area contributed by atoms with E-state index in [1.807, 2.05) is 18.2 Å². The molecule has 0 aliphatic carbocycles. The lowest BCUT2D eigenvalue weighted by atomic mass is 9.93. The quantitative estimate of drug-likeness (QED) is 0.828. The normalized spacial score (nSPS) is 17.0. The first kappa shape index (κ1) is 20.5. The highest BCUT2D eigenvalue weighted by atomic mass is 19.4. The third-order valence-electron chi connectivity index (χ3n) is 5.01. The van der Waals surface area contributed by atoms with Gasteiger partial charge in [0.15, 0.2) is 0 Å². The molecule has 2 aromatic rings. The van der Waals surface area contributed by atoms with Gasteiger partial charge in [0.1, 0.15) is 11.5 Å². The monoisotopic (exact) mass is 394 g/mol. The van der Waals surface area contributed by atoms with Crippen molar-refractivity contribution in [2.45, 2.75) is 18.6 Å². The second kappa shape index (κ2) is 8.84. The summed E-state index contributed by atoms with van der Waals surface area (Å²) in [6, 6.07) is 10.6. The van der Waals surface area contributed by atoms with Gasteiger partial charge in [0, 0.05) is 19.6 Å². The van der Waals surface area contributed by atoms with Crippen LogP contribution in [0.1, 0.15) is 29.2 Å². The van der Waals surface area contributed by atoms with Crippen LogP contribution in [-0.4, -0.2) is 45.3 Å². The van der Waals surface area contributed by atoms with Crippen molar-refractivity contribution >= 4 is 0 Å². The Morgan fingerprint density at radius 1 is 0.964 bits per heavy atom. The molecule has 0 spiro atoms. The molecule has 3 rings (SSSR count). The Kier molecular flexibility index (Phi) is 6.46. The molecule has 1 heterocycles. The van der Waals surface area contributed by atoms with Gasteiger partial charge in [-0.2, -0.15) is 13.2 Å². The van der Waals surface area contributed by atoms with Crippen LogP contribution in [-0.2, 0) is 6.18 Å². The Hall–Kier alpha value is -2.25. The Balaban J connectivity index is 2.17. The van der Waals surface area contributed by atoms with Crippen molar-refractivity contribution in [2.75, 3.05) is 40.4 Å². The van der Waals surface area contributed by atoms with E-state index >= 15 is 0 Å². The predicted molar refractivity (Wildman–Crippen MR) is 102 cm³/mol. The van der Waals surface area contributed by atoms with Crippen molar-refractivity contribution in [3.05, 3.63) is 59.2 Å². The Labute approximate surface area is 163 Å². The topological polar surface area (TPSA) is 33.7 Å². The summed E-state index contributed by atoms with van der Waals surface area (Å²) in [7, 11) is 3.12. The molecule has 1 aliphatic heterocycles. The van der Waals surface area contributed by atoms with Crippen molar-refractivity contribution in [3.63, 3.8) is 0 Å². The first-order valence-corrected chi connectivity index (χ1v) is 9.28. The van der Waals surface area contributed by atoms with Gasteiger partial charge in [-0.3, -0.25) is 4.90 Å². The van der Waals surface area contributed by atoms with Gasteiger partial charge in [-0.25, -0.2) is 0 Å². The smallest absolute Gasteiger partial charge is 0.416 e. The number of ether oxygens (including phenoxy) is 2. The van der Waals surface area contributed by atoms with Gasteiger partial charge >= 0.3 is 6.18 Å². The highest BCUT2D eigenvalue weighted by molar-refractivity contribution is 5.51. The first-order chi connectivity index (χ1) is 13.5. The fraction of sp³-hybridized carbons (Fsp3) is 0.429. The summed E-state index contributed by atoms with van der Waals surface area (Å²) in [6.45, 7) is 3.12. The third kappa shape index (κ3) is 4.42. The molecule has 0 aromatic heterocycles. The van der Waals surface area contributed by atoms with Gasteiger partial charge in [-0.1, -0.05) is 18.2 Å². The van der Waals surface area contributed by atoms with E-state index in [0.29, 0.717) is 23.6 Å². The molecule has 2 aromatic carbocycles. The maximum atomic E-state index is 13.4. The maximum Gasteiger partial charge on any atom is 0.416 e. The van der Waals surface area contributed by atoms with Crippen LogP contribution >= 0.6 is 0 Å². The summed E-state index contributed by atoms with van der Waals surface area (Å²) < 4.78 is 51.2. The molecular formula is C21H25F3N2O2. The molecule has 0 radical (unpaired) electrons. The van der Waals surface area contributed by atoms with Gasteiger partial charge in [0.25, 0.3) is 0 Å². The second-order valence-electron chi connectivity index (χ2n) is 6.74. The van der Waals surface area contributed by atoms with Gasteiger partial charge in [-0.05, 0) is 42.8 Å². The number of rotatable bonds is 5. The number of nitrogens with one attached hydrogen (secondary N) is 1. The molecule has 4 nitrogen and oxygen atoms in total. The van der Waals surface area contributed by atoms with Crippen LogP contribution in [0.2, 0.25) is 0 Å². The van der Waals surface area contributed by atoms with E-state index in [0.717, 1.165) is 37.7 Å². The van der Waals surface area contributed by atoms with Crippen molar-refractivity contribution in [1.82, 2.24) is 10.2 Å². The van der Waals surface area contributed by atoms with Crippen LogP contribution in [0.5, 0.6) is 11.5 Å². The van der Waals surface area contributed by atoms with E-state index in [1.165, 1.54) is 12.1 Å². The zero-order chi connectivity index (χ0) is 20.1. The fourth-order valence-corrected chi connectivity index (χ4v) is 3.72. The molecule has 152 valence electrons. The van der Waals surface area contributed by atoms with Gasteiger partial charge in [0.05, 0.1) is 31.4 Å². The van der Waals surface area contributed by atoms with E-state index in [1.54, 1.807) is 20.3 Å². The minimum Gasteiger partial charge on any atom is -0.496 e. The van der Waals surface area contributed by atoms with Gasteiger partial charge in [-0.15, -0.1) is 0 Å². The summed E-state index contributed by atoms with van der Waals surface area (Å²) in [5, 5.41) is 3.34. The molecule has 1 fully saturated rings. The van der Waals surface area contributed by atoms with Crippen molar-refractivity contribution in [1.29, 1.82) is 0 Å². The number of alkyl halides is 3. The average molecular weight is 394 g/mol. The minimum atomic E-state index is -4.40. The number of hydrogen-bond acceptors (Lipinski definition) is 4. The Morgan fingerprint density at radius 2 is 1.64 bits per heavy atom. The number of benzene rings is 2. The molecule has 7 heteroatoms. The molecule has 0 saturated carbocycles. The van der Waals surface area contributed by atoms with Crippen LogP contribution in [0, 0.1) is 0 Å². The summed E-state index contributed by atoms with van der Waals surface area (Å²) in [6.07, 6.45) is -3.49. The molecule has 0 amide bonds. The van der Waals surface area contributed by atoms with E-state index in [4.69, 9.17) is 9.47 Å². The molecule has 1 atom stereocenters. The Bertz CT molecular complexity index is 765. The van der Waals surface area contributed by atoms with Crippen LogP contribution in [0.25, 0.3) is 0 Å². The predicted octanol–water partition coefficient (Wildman–Crippen LogP) is 4.11. The van der Waals surface area contributed by atoms with Gasteiger partial charge < -0.3 is 14.8 Å². The highest BCUT2D eigenvalue weighted by Gasteiger charge is 2.33. The molecule has 28 heavy (non-hydrogen) atoms. The summed E-state index contributed by atoms with van der Waals surface area (Å²) in [4.78, 5) is 2.19. The third-order valence-corrected chi connectivity index (χ3v) is 5.01. The van der Waals surface area contributed by atoms with E-state index in [2.05, 4.69) is 10.2 Å². The zero-order valence-corrected chi connectivity index (χ0v) is 16.1. The molecule has 0 bridgehead atoms. The van der Waals surface area contributed by atoms with Crippen LogP contribution in [0.4, 0.5) is 13.2 Å². The Morgan fingerprint density at radius 3 is 2.29 bits per heavy atom.